The zero-order valence-corrected chi connectivity index (χ0v) is 8.20. The number of carboxylic acid groups (broad SMARTS) is 1. The molecule has 1 amide bonds. The maximum atomic E-state index is 11.0. The van der Waals surface area contributed by atoms with Gasteiger partial charge in [-0.1, -0.05) is 17.7 Å². The van der Waals surface area contributed by atoms with E-state index in [2.05, 4.69) is 5.32 Å². The van der Waals surface area contributed by atoms with E-state index in [4.69, 9.17) is 16.7 Å². The first-order valence-corrected chi connectivity index (χ1v) is 4.57. The van der Waals surface area contributed by atoms with Gasteiger partial charge in [-0.25, -0.2) is 0 Å². The van der Waals surface area contributed by atoms with Gasteiger partial charge in [-0.2, -0.15) is 0 Å². The standard InChI is InChI=1S/C8H11ClN2O3/c9-2-1-3-11-5-7(12)10-4-6(11)8(13)14/h1-2,6H,3-5H2,(H,10,12)(H,13,14)/b2-1+. The van der Waals surface area contributed by atoms with Crippen molar-refractivity contribution < 1.29 is 14.7 Å². The Morgan fingerprint density at radius 3 is 3.07 bits per heavy atom. The molecule has 1 aliphatic heterocycles. The predicted molar refractivity (Wildman–Crippen MR) is 51.0 cm³/mol. The molecule has 14 heavy (non-hydrogen) atoms. The number of piperazine rings is 1. The van der Waals surface area contributed by atoms with E-state index in [1.54, 1.807) is 11.0 Å². The van der Waals surface area contributed by atoms with Crippen molar-refractivity contribution in [2.75, 3.05) is 19.6 Å². The molecular formula is C8H11ClN2O3. The summed E-state index contributed by atoms with van der Waals surface area (Å²) in [6.45, 7) is 0.608. The van der Waals surface area contributed by atoms with Crippen LogP contribution in [-0.2, 0) is 9.59 Å². The van der Waals surface area contributed by atoms with Crippen molar-refractivity contribution in [2.24, 2.45) is 0 Å². The van der Waals surface area contributed by atoms with Crippen LogP contribution in [-0.4, -0.2) is 47.6 Å². The first kappa shape index (κ1) is 11.0. The van der Waals surface area contributed by atoms with E-state index < -0.39 is 12.0 Å². The molecule has 0 aromatic rings. The molecule has 0 spiro atoms. The lowest BCUT2D eigenvalue weighted by molar-refractivity contribution is -0.145. The second kappa shape index (κ2) is 4.97. The minimum Gasteiger partial charge on any atom is -0.480 e. The molecule has 1 unspecified atom stereocenters. The van der Waals surface area contributed by atoms with Crippen LogP contribution in [0.15, 0.2) is 11.6 Å². The molecule has 2 N–H and O–H groups in total. The zero-order chi connectivity index (χ0) is 10.6. The highest BCUT2D eigenvalue weighted by Gasteiger charge is 2.30. The summed E-state index contributed by atoms with van der Waals surface area (Å²) in [5.74, 6) is -1.10. The van der Waals surface area contributed by atoms with E-state index in [9.17, 15) is 9.59 Å². The van der Waals surface area contributed by atoms with Gasteiger partial charge in [-0.05, 0) is 0 Å². The third kappa shape index (κ3) is 2.71. The van der Waals surface area contributed by atoms with Crippen LogP contribution < -0.4 is 5.32 Å². The van der Waals surface area contributed by atoms with Crippen LogP contribution in [0.2, 0.25) is 0 Å². The summed E-state index contributed by atoms with van der Waals surface area (Å²) in [4.78, 5) is 23.3. The summed E-state index contributed by atoms with van der Waals surface area (Å²) in [7, 11) is 0. The normalized spacial score (nSPS) is 23.8. The maximum Gasteiger partial charge on any atom is 0.322 e. The van der Waals surface area contributed by atoms with Gasteiger partial charge in [0, 0.05) is 18.6 Å². The molecule has 1 fully saturated rings. The van der Waals surface area contributed by atoms with Crippen LogP contribution in [0, 0.1) is 0 Å². The average molecular weight is 219 g/mol. The van der Waals surface area contributed by atoms with Crippen molar-refractivity contribution in [1.29, 1.82) is 0 Å². The van der Waals surface area contributed by atoms with Gasteiger partial charge >= 0.3 is 5.97 Å². The molecule has 0 aromatic carbocycles. The summed E-state index contributed by atoms with van der Waals surface area (Å²) in [6.07, 6.45) is 1.61. The topological polar surface area (TPSA) is 69.6 Å². The number of hydrogen-bond donors (Lipinski definition) is 2. The van der Waals surface area contributed by atoms with Crippen LogP contribution in [0.1, 0.15) is 0 Å². The Labute approximate surface area is 86.3 Å². The maximum absolute atomic E-state index is 11.0. The molecule has 0 radical (unpaired) electrons. The van der Waals surface area contributed by atoms with E-state index in [0.717, 1.165) is 0 Å². The van der Waals surface area contributed by atoms with Crippen molar-refractivity contribution in [2.45, 2.75) is 6.04 Å². The summed E-state index contributed by atoms with van der Waals surface area (Å²) in [6, 6.07) is -0.666. The predicted octanol–water partition coefficient (Wildman–Crippen LogP) is -0.376. The number of hydrogen-bond acceptors (Lipinski definition) is 3. The molecule has 1 saturated heterocycles. The van der Waals surface area contributed by atoms with Gasteiger partial charge in [-0.3, -0.25) is 14.5 Å². The van der Waals surface area contributed by atoms with E-state index >= 15 is 0 Å². The lowest BCUT2D eigenvalue weighted by Crippen LogP contribution is -2.57. The molecule has 0 saturated carbocycles. The van der Waals surface area contributed by atoms with Crippen LogP contribution in [0.25, 0.3) is 0 Å². The Hall–Kier alpha value is -1.07. The van der Waals surface area contributed by atoms with Crippen molar-refractivity contribution in [3.8, 4) is 0 Å². The largest absolute Gasteiger partial charge is 0.480 e. The third-order valence-electron chi connectivity index (χ3n) is 1.99. The molecule has 1 heterocycles. The second-order valence-electron chi connectivity index (χ2n) is 2.95. The van der Waals surface area contributed by atoms with Crippen molar-refractivity contribution in [3.63, 3.8) is 0 Å². The minimum absolute atomic E-state index is 0.0954. The van der Waals surface area contributed by atoms with Crippen LogP contribution in [0.5, 0.6) is 0 Å². The summed E-state index contributed by atoms with van der Waals surface area (Å²) in [5.41, 5.74) is 1.31. The van der Waals surface area contributed by atoms with Gasteiger partial charge in [0.15, 0.2) is 0 Å². The van der Waals surface area contributed by atoms with Crippen molar-refractivity contribution in [1.82, 2.24) is 10.2 Å². The molecule has 0 aliphatic carbocycles. The van der Waals surface area contributed by atoms with Crippen molar-refractivity contribution in [3.05, 3.63) is 11.6 Å². The Morgan fingerprint density at radius 2 is 2.50 bits per heavy atom. The number of carbonyl (C=O) groups is 2. The van der Waals surface area contributed by atoms with Gasteiger partial charge in [0.05, 0.1) is 6.54 Å². The molecule has 1 atom stereocenters. The molecule has 0 bridgehead atoms. The van der Waals surface area contributed by atoms with Crippen LogP contribution in [0.4, 0.5) is 0 Å². The average Bonchev–Trinajstić information content (AvgIpc) is 2.14. The van der Waals surface area contributed by atoms with Gasteiger partial charge in [0.2, 0.25) is 5.91 Å². The van der Waals surface area contributed by atoms with Gasteiger partial charge in [0.25, 0.3) is 0 Å². The fraction of sp³-hybridized carbons (Fsp3) is 0.500. The number of nitrogens with zero attached hydrogens (tertiary/aromatic N) is 1. The van der Waals surface area contributed by atoms with E-state index in [1.807, 2.05) is 0 Å². The highest BCUT2D eigenvalue weighted by molar-refractivity contribution is 6.25. The molecular weight excluding hydrogens is 208 g/mol. The van der Waals surface area contributed by atoms with E-state index in [0.29, 0.717) is 6.54 Å². The van der Waals surface area contributed by atoms with Gasteiger partial charge in [0.1, 0.15) is 6.04 Å². The number of aliphatic carboxylic acids is 1. The number of carbonyl (C=O) groups excluding carboxylic acids is 1. The third-order valence-corrected chi connectivity index (χ3v) is 2.17. The number of rotatable bonds is 3. The smallest absolute Gasteiger partial charge is 0.322 e. The second-order valence-corrected chi connectivity index (χ2v) is 3.20. The van der Waals surface area contributed by atoms with Gasteiger partial charge in [-0.15, -0.1) is 0 Å². The SMILES string of the molecule is O=C1CN(C/C=C/Cl)C(C(=O)O)CN1. The molecule has 1 aliphatic rings. The van der Waals surface area contributed by atoms with Crippen LogP contribution >= 0.6 is 11.6 Å². The monoisotopic (exact) mass is 218 g/mol. The Balaban J connectivity index is 2.63. The fourth-order valence-electron chi connectivity index (χ4n) is 1.30. The van der Waals surface area contributed by atoms with E-state index in [1.165, 1.54) is 5.54 Å². The highest BCUT2D eigenvalue weighted by Crippen LogP contribution is 2.04. The van der Waals surface area contributed by atoms with Crippen molar-refractivity contribution >= 4 is 23.5 Å². The van der Waals surface area contributed by atoms with E-state index in [-0.39, 0.29) is 19.0 Å². The quantitative estimate of drug-likeness (QED) is 0.678. The Kier molecular flexibility index (Phi) is 3.91. The molecule has 5 nitrogen and oxygen atoms in total. The number of amides is 1. The number of halogens is 1. The summed E-state index contributed by atoms with van der Waals surface area (Å²) in [5, 5.41) is 11.3. The number of carboxylic acids is 1. The fourth-order valence-corrected chi connectivity index (χ4v) is 1.38. The minimum atomic E-state index is -0.937. The lowest BCUT2D eigenvalue weighted by atomic mass is 10.2. The van der Waals surface area contributed by atoms with Gasteiger partial charge < -0.3 is 10.4 Å². The molecule has 1 rings (SSSR count). The molecule has 6 heteroatoms. The lowest BCUT2D eigenvalue weighted by Gasteiger charge is -2.31. The number of nitrogens with one attached hydrogen (secondary N) is 1. The van der Waals surface area contributed by atoms with Crippen LogP contribution in [0.3, 0.4) is 0 Å². The summed E-state index contributed by atoms with van der Waals surface area (Å²) >= 11 is 5.33. The first-order chi connectivity index (χ1) is 6.65. The zero-order valence-electron chi connectivity index (χ0n) is 7.44. The highest BCUT2D eigenvalue weighted by atomic mass is 35.5. The molecule has 0 aromatic heterocycles. The Bertz CT molecular complexity index is 267. The molecule has 78 valence electrons. The Morgan fingerprint density at radius 1 is 1.79 bits per heavy atom. The summed E-state index contributed by atoms with van der Waals surface area (Å²) < 4.78 is 0. The first-order valence-electron chi connectivity index (χ1n) is 4.14.